The Kier molecular flexibility index (Phi) is 261. The predicted molar refractivity (Wildman–Crippen MR) is 25.8 cm³/mol. The quantitative estimate of drug-likeness (QED) is 0.262. The van der Waals surface area contributed by atoms with Crippen molar-refractivity contribution in [1.29, 1.82) is 0 Å². The van der Waals surface area contributed by atoms with Crippen LogP contribution in [-0.2, 0) is 81.9 Å². The van der Waals surface area contributed by atoms with Crippen LogP contribution in [0.5, 0.6) is 0 Å². The predicted octanol–water partition coefficient (Wildman–Crippen LogP) is 0.0458. The fourth-order valence-corrected chi connectivity index (χ4v) is 0. The molecule has 0 spiro atoms. The Morgan fingerprint density at radius 2 is 0.833 bits per heavy atom. The summed E-state index contributed by atoms with van der Waals surface area (Å²) in [7, 11) is 0. The van der Waals surface area contributed by atoms with Gasteiger partial charge in [0, 0.05) is 58.6 Å². The zero-order valence-electron chi connectivity index (χ0n) is 2.66. The molecule has 0 aliphatic heterocycles. The van der Waals surface area contributed by atoms with Gasteiger partial charge in [0.05, 0.1) is 0 Å². The van der Waals surface area contributed by atoms with Crippen molar-refractivity contribution in [3.8, 4) is 0 Å². The minimum absolute atomic E-state index is 0. The van der Waals surface area contributed by atoms with Crippen molar-refractivity contribution >= 4 is 33.2 Å². The molecule has 0 saturated heterocycles. The minimum Gasteiger partial charge on any atom is -1.00 e. The first-order chi connectivity index (χ1) is 1.00. The summed E-state index contributed by atoms with van der Waals surface area (Å²) in [6, 6.07) is 0. The van der Waals surface area contributed by atoms with E-state index in [1.807, 2.05) is 0 Å². The zero-order valence-corrected chi connectivity index (χ0v) is 10.7. The Morgan fingerprint density at radius 3 is 0.833 bits per heavy atom. The third-order valence-electron chi connectivity index (χ3n) is 0. The van der Waals surface area contributed by atoms with Crippen LogP contribution >= 0.6 is 9.90 Å². The van der Waals surface area contributed by atoms with Crippen molar-refractivity contribution in [3.63, 3.8) is 0 Å². The molecule has 6 heteroatoms. The van der Waals surface area contributed by atoms with Crippen LogP contribution in [0.4, 0.5) is 0 Å². The van der Waals surface area contributed by atoms with Gasteiger partial charge in [-0.15, -0.1) is 0 Å². The summed E-state index contributed by atoms with van der Waals surface area (Å²) >= 11 is 7.33. The van der Waals surface area contributed by atoms with Gasteiger partial charge in [0.1, 0.15) is 0 Å². The van der Waals surface area contributed by atoms with Crippen molar-refractivity contribution in [3.05, 3.63) is 0 Å². The van der Waals surface area contributed by atoms with Crippen molar-refractivity contribution in [2.75, 3.05) is 0 Å². The van der Waals surface area contributed by atoms with Gasteiger partial charge in [-0.1, -0.05) is 0 Å². The summed E-state index contributed by atoms with van der Waals surface area (Å²) in [5, 5.41) is 0. The molecule has 1 atom stereocenters. The molecular formula is H3Mo2NiPS2-2. The van der Waals surface area contributed by atoms with Crippen molar-refractivity contribution in [1.82, 2.24) is 0 Å². The summed E-state index contributed by atoms with van der Waals surface area (Å²) in [6.07, 6.45) is 0. The summed E-state index contributed by atoms with van der Waals surface area (Å²) in [6.45, 7) is 0. The van der Waals surface area contributed by atoms with E-state index in [2.05, 4.69) is 23.3 Å². The topological polar surface area (TPSA) is 0 Å². The van der Waals surface area contributed by atoms with E-state index in [-0.39, 0.29) is 68.5 Å². The molecular weight excluding hydrogens is 346 g/mol. The second kappa shape index (κ2) is 43.6. The minimum atomic E-state index is 0. The molecule has 0 N–H and O–H groups in total. The Labute approximate surface area is 90.7 Å². The summed E-state index contributed by atoms with van der Waals surface area (Å²) < 4.78 is 0. The van der Waals surface area contributed by atoms with E-state index in [0.29, 0.717) is 0 Å². The van der Waals surface area contributed by atoms with E-state index >= 15 is 0 Å². The maximum Gasteiger partial charge on any atom is 0 e. The van der Waals surface area contributed by atoms with E-state index in [0.717, 1.165) is 0 Å². The van der Waals surface area contributed by atoms with Crippen molar-refractivity contribution < 1.29 is 58.6 Å². The number of hydrogen-bond donors (Lipinski definition) is 0. The Hall–Kier alpha value is 3.00. The molecule has 1 unspecified atom stereocenters. The first kappa shape index (κ1) is 36.0. The van der Waals surface area contributed by atoms with Crippen LogP contribution in [0.1, 0.15) is 0 Å². The van der Waals surface area contributed by atoms with Gasteiger partial charge in [0.15, 0.2) is 0 Å². The average Bonchev–Trinajstić information content (AvgIpc) is 1.00. The molecule has 0 heterocycles. The van der Waals surface area contributed by atoms with Crippen LogP contribution in [0.25, 0.3) is 0 Å². The van der Waals surface area contributed by atoms with Gasteiger partial charge in [0.2, 0.25) is 0 Å². The summed E-state index contributed by atoms with van der Waals surface area (Å²) in [4.78, 5) is 0. The molecule has 0 fully saturated rings. The molecule has 0 saturated carbocycles. The largest absolute Gasteiger partial charge is 1.00 e. The number of hydrogen-bond acceptors (Lipinski definition) is 2. The van der Waals surface area contributed by atoms with Crippen molar-refractivity contribution in [2.24, 2.45) is 0 Å². The molecule has 44 valence electrons. The third-order valence-corrected chi connectivity index (χ3v) is 0. The first-order valence-electron chi connectivity index (χ1n) is 0.167. The van der Waals surface area contributed by atoms with E-state index < -0.39 is 0 Å². The van der Waals surface area contributed by atoms with Gasteiger partial charge in [-0.3, -0.25) is 0 Å². The van der Waals surface area contributed by atoms with Crippen LogP contribution in [0.15, 0.2) is 0 Å². The molecule has 0 amide bonds. The standard InChI is InChI=1S/2Mo.Ni.H3P.S2/c;;;;1-2/h;;;1H3;/q;;;;-2. The second-order valence-electron chi connectivity index (χ2n) is 0. The first-order valence-corrected chi connectivity index (χ1v) is 1.50. The Bertz CT molecular complexity index is 11.5. The molecule has 0 bridgehead atoms. The Morgan fingerprint density at radius 1 is 0.833 bits per heavy atom. The maximum absolute atomic E-state index is 3.67. The molecule has 0 aliphatic carbocycles. The molecule has 0 aromatic carbocycles. The fourth-order valence-electron chi connectivity index (χ4n) is 0. The molecule has 0 nitrogen and oxygen atoms in total. The second-order valence-corrected chi connectivity index (χ2v) is 0. The monoisotopic (exact) mass is 352 g/mol. The van der Waals surface area contributed by atoms with E-state index in [9.17, 15) is 0 Å². The molecule has 0 radical (unpaired) electrons. The van der Waals surface area contributed by atoms with Gasteiger partial charge < -0.3 is 23.3 Å². The van der Waals surface area contributed by atoms with Crippen LogP contribution < -0.4 is 0 Å². The summed E-state index contributed by atoms with van der Waals surface area (Å²) in [5.41, 5.74) is 0. The van der Waals surface area contributed by atoms with Crippen molar-refractivity contribution in [2.45, 2.75) is 0 Å². The van der Waals surface area contributed by atoms with E-state index in [1.54, 1.807) is 0 Å². The number of rotatable bonds is 0. The third kappa shape index (κ3) is 28.0. The molecule has 0 aromatic heterocycles. The van der Waals surface area contributed by atoms with Crippen LogP contribution in [0.3, 0.4) is 0 Å². The molecule has 0 aliphatic rings. The van der Waals surface area contributed by atoms with Gasteiger partial charge >= 0.3 is 0 Å². The molecule has 6 heavy (non-hydrogen) atoms. The van der Waals surface area contributed by atoms with Gasteiger partial charge in [-0.05, 0) is 0 Å². The maximum atomic E-state index is 3.67. The van der Waals surface area contributed by atoms with Crippen LogP contribution in [0, 0.1) is 0 Å². The van der Waals surface area contributed by atoms with E-state index in [1.165, 1.54) is 0 Å². The Balaban J connectivity index is -0.000000000833. The van der Waals surface area contributed by atoms with Crippen LogP contribution in [0.2, 0.25) is 0 Å². The van der Waals surface area contributed by atoms with Crippen LogP contribution in [-0.4, -0.2) is 0 Å². The smallest absolute Gasteiger partial charge is 0 e. The molecule has 0 rings (SSSR count). The fraction of sp³-hybridized carbons (Fsp3) is 0. The van der Waals surface area contributed by atoms with Gasteiger partial charge in [-0.2, -0.15) is 9.90 Å². The van der Waals surface area contributed by atoms with E-state index in [4.69, 9.17) is 0 Å². The normalized spacial score (nSPS) is 1.00. The average molecular weight is 349 g/mol. The van der Waals surface area contributed by atoms with Gasteiger partial charge in [0.25, 0.3) is 0 Å². The SMILES string of the molecule is P.[Mo].[Mo].[Ni].[S-][S-]. The molecule has 0 aromatic rings. The van der Waals surface area contributed by atoms with Gasteiger partial charge in [-0.25, -0.2) is 0 Å². The summed E-state index contributed by atoms with van der Waals surface area (Å²) in [5.74, 6) is 0. The zero-order chi connectivity index (χ0) is 2.00.